The Morgan fingerprint density at radius 1 is 0.886 bits per heavy atom. The van der Waals surface area contributed by atoms with Gasteiger partial charge in [-0.1, -0.05) is 48.5 Å². The van der Waals surface area contributed by atoms with Crippen molar-refractivity contribution in [3.8, 4) is 0 Å². The number of carbonyl (C=O) groups excluding carboxylic acids is 1. The summed E-state index contributed by atoms with van der Waals surface area (Å²) in [6.07, 6.45) is -0.385. The average Bonchev–Trinajstić information content (AvgIpc) is 2.74. The van der Waals surface area contributed by atoms with E-state index in [9.17, 15) is 26.7 Å². The van der Waals surface area contributed by atoms with Gasteiger partial charge in [0.05, 0.1) is 39.9 Å². The summed E-state index contributed by atoms with van der Waals surface area (Å²) < 4.78 is 56.8. The van der Waals surface area contributed by atoms with Crippen LogP contribution in [0.1, 0.15) is 66.6 Å². The number of nitrogens with one attached hydrogen (secondary N) is 1. The number of benzene rings is 1. The van der Waals surface area contributed by atoms with Crippen molar-refractivity contribution in [2.75, 3.05) is 31.2 Å². The third kappa shape index (κ3) is 10.2. The Morgan fingerprint density at radius 3 is 1.80 bits per heavy atom. The zero-order chi connectivity index (χ0) is 27.0. The highest BCUT2D eigenvalue weighted by Gasteiger charge is 2.25. The maximum absolute atomic E-state index is 12.9. The predicted octanol–water partition coefficient (Wildman–Crippen LogP) is 3.39. The number of hydrogen-bond acceptors (Lipinski definition) is 8. The number of aliphatic hydroxyl groups is 1. The number of ether oxygens (including phenoxy) is 1. The van der Waals surface area contributed by atoms with Gasteiger partial charge in [0, 0.05) is 6.54 Å². The van der Waals surface area contributed by atoms with E-state index in [1.165, 1.54) is 18.2 Å². The van der Waals surface area contributed by atoms with E-state index in [0.29, 0.717) is 13.2 Å². The minimum atomic E-state index is -3.74. The summed E-state index contributed by atoms with van der Waals surface area (Å²) in [6, 6.07) is 3.91. The van der Waals surface area contributed by atoms with Gasteiger partial charge in [0.25, 0.3) is 0 Å². The molecule has 0 heterocycles. The number of esters is 1. The molecule has 0 spiro atoms. The summed E-state index contributed by atoms with van der Waals surface area (Å²) in [5, 5.41) is 13.9. The van der Waals surface area contributed by atoms with Crippen LogP contribution in [-0.4, -0.2) is 59.1 Å². The third-order valence-corrected chi connectivity index (χ3v) is 9.71. The Kier molecular flexibility index (Phi) is 12.4. The SMILES string of the molecule is CCCOC(=O)C(C)C(C)CNCC(O)c1cc(S(=O)(=O)CC(C)C)cc(S(=O)(=O)CC(C)C)c1. The summed E-state index contributed by atoms with van der Waals surface area (Å²) in [5.41, 5.74) is 0.215. The van der Waals surface area contributed by atoms with Gasteiger partial charge >= 0.3 is 5.97 Å². The van der Waals surface area contributed by atoms with Crippen LogP contribution in [-0.2, 0) is 29.2 Å². The summed E-state index contributed by atoms with van der Waals surface area (Å²) in [6.45, 7) is 13.6. The topological polar surface area (TPSA) is 127 Å². The van der Waals surface area contributed by atoms with Gasteiger partial charge in [-0.3, -0.25) is 4.79 Å². The first kappa shape index (κ1) is 31.5. The van der Waals surface area contributed by atoms with E-state index >= 15 is 0 Å². The fourth-order valence-corrected chi connectivity index (χ4v) is 6.98. The second-order valence-corrected chi connectivity index (χ2v) is 14.3. The van der Waals surface area contributed by atoms with Crippen molar-refractivity contribution >= 4 is 25.6 Å². The van der Waals surface area contributed by atoms with Crippen LogP contribution in [0.3, 0.4) is 0 Å². The Morgan fingerprint density at radius 2 is 1.37 bits per heavy atom. The van der Waals surface area contributed by atoms with Crippen molar-refractivity contribution in [3.63, 3.8) is 0 Å². The molecular weight excluding hydrogens is 490 g/mol. The van der Waals surface area contributed by atoms with Gasteiger partial charge in [-0.05, 0) is 54.5 Å². The van der Waals surface area contributed by atoms with Crippen molar-refractivity contribution < 1.29 is 31.5 Å². The molecule has 1 rings (SSSR count). The van der Waals surface area contributed by atoms with Crippen LogP contribution in [0.15, 0.2) is 28.0 Å². The molecule has 0 radical (unpaired) electrons. The molecule has 0 aliphatic rings. The van der Waals surface area contributed by atoms with Crippen molar-refractivity contribution in [1.82, 2.24) is 5.32 Å². The van der Waals surface area contributed by atoms with Crippen LogP contribution in [0, 0.1) is 23.7 Å². The molecule has 0 bridgehead atoms. The van der Waals surface area contributed by atoms with Crippen LogP contribution < -0.4 is 5.32 Å². The molecule has 35 heavy (non-hydrogen) atoms. The Balaban J connectivity index is 3.12. The first-order valence-electron chi connectivity index (χ1n) is 12.3. The summed E-state index contributed by atoms with van der Waals surface area (Å²) in [4.78, 5) is 11.9. The number of aliphatic hydroxyl groups excluding tert-OH is 1. The largest absolute Gasteiger partial charge is 0.465 e. The van der Waals surface area contributed by atoms with Crippen molar-refractivity contribution in [1.29, 1.82) is 0 Å². The maximum Gasteiger partial charge on any atom is 0.308 e. The maximum atomic E-state index is 12.9. The van der Waals surface area contributed by atoms with Crippen LogP contribution in [0.25, 0.3) is 0 Å². The van der Waals surface area contributed by atoms with Crippen LogP contribution >= 0.6 is 0 Å². The van der Waals surface area contributed by atoms with E-state index in [-0.39, 0.29) is 63.0 Å². The van der Waals surface area contributed by atoms with E-state index < -0.39 is 25.8 Å². The molecule has 0 aliphatic heterocycles. The first-order chi connectivity index (χ1) is 16.1. The smallest absolute Gasteiger partial charge is 0.308 e. The Labute approximate surface area is 211 Å². The summed E-state index contributed by atoms with van der Waals surface area (Å²) >= 11 is 0. The van der Waals surface area contributed by atoms with E-state index in [2.05, 4.69) is 5.32 Å². The van der Waals surface area contributed by atoms with Crippen LogP contribution in [0.2, 0.25) is 0 Å². The number of hydrogen-bond donors (Lipinski definition) is 2. The zero-order valence-electron chi connectivity index (χ0n) is 22.1. The lowest BCUT2D eigenvalue weighted by Gasteiger charge is -2.21. The highest BCUT2D eigenvalue weighted by atomic mass is 32.2. The second kappa shape index (κ2) is 13.7. The molecule has 1 aromatic rings. The normalized spacial score (nSPS) is 15.3. The third-order valence-electron chi connectivity index (χ3n) is 5.59. The van der Waals surface area contributed by atoms with Crippen LogP contribution in [0.4, 0.5) is 0 Å². The number of rotatable bonds is 15. The predicted molar refractivity (Wildman–Crippen MR) is 138 cm³/mol. The molecule has 8 nitrogen and oxygen atoms in total. The van der Waals surface area contributed by atoms with Crippen molar-refractivity contribution in [2.45, 2.75) is 70.8 Å². The highest BCUT2D eigenvalue weighted by molar-refractivity contribution is 7.92. The quantitative estimate of drug-likeness (QED) is 0.329. The van der Waals surface area contributed by atoms with E-state index in [4.69, 9.17) is 4.74 Å². The molecule has 3 atom stereocenters. The molecule has 0 aromatic heterocycles. The molecule has 0 saturated carbocycles. The minimum Gasteiger partial charge on any atom is -0.465 e. The monoisotopic (exact) mass is 533 g/mol. The second-order valence-electron chi connectivity index (χ2n) is 10.2. The van der Waals surface area contributed by atoms with Gasteiger partial charge in [0.15, 0.2) is 19.7 Å². The van der Waals surface area contributed by atoms with Crippen molar-refractivity contribution in [2.24, 2.45) is 23.7 Å². The molecular formula is C25H43NO7S2. The molecule has 2 N–H and O–H groups in total. The number of carbonyl (C=O) groups is 1. The van der Waals surface area contributed by atoms with Gasteiger partial charge in [-0.15, -0.1) is 0 Å². The molecule has 3 unspecified atom stereocenters. The molecule has 0 saturated heterocycles. The fraction of sp³-hybridized carbons (Fsp3) is 0.720. The summed E-state index contributed by atoms with van der Waals surface area (Å²) in [7, 11) is -7.47. The van der Waals surface area contributed by atoms with E-state index in [1.54, 1.807) is 34.6 Å². The van der Waals surface area contributed by atoms with Gasteiger partial charge in [0.2, 0.25) is 0 Å². The molecule has 0 amide bonds. The van der Waals surface area contributed by atoms with E-state index in [1.807, 2.05) is 13.8 Å². The molecule has 0 fully saturated rings. The molecule has 202 valence electrons. The number of sulfone groups is 2. The lowest BCUT2D eigenvalue weighted by molar-refractivity contribution is -0.149. The van der Waals surface area contributed by atoms with Crippen LogP contribution in [0.5, 0.6) is 0 Å². The fourth-order valence-electron chi connectivity index (χ4n) is 3.52. The molecule has 1 aromatic carbocycles. The van der Waals surface area contributed by atoms with Gasteiger partial charge < -0.3 is 15.2 Å². The van der Waals surface area contributed by atoms with Gasteiger partial charge in [-0.2, -0.15) is 0 Å². The summed E-state index contributed by atoms with van der Waals surface area (Å²) in [5.74, 6) is -1.20. The molecule has 10 heteroatoms. The highest BCUT2D eigenvalue weighted by Crippen LogP contribution is 2.26. The van der Waals surface area contributed by atoms with Gasteiger partial charge in [-0.25, -0.2) is 16.8 Å². The average molecular weight is 534 g/mol. The Bertz CT molecular complexity index is 976. The zero-order valence-corrected chi connectivity index (χ0v) is 23.7. The first-order valence-corrected chi connectivity index (χ1v) is 15.6. The van der Waals surface area contributed by atoms with Crippen molar-refractivity contribution in [3.05, 3.63) is 23.8 Å². The standard InChI is InChI=1S/C25H43NO7S2/c1-8-9-33-25(28)20(7)19(6)13-26-14-24(27)21-10-22(34(29,30)15-17(2)3)12-23(11-21)35(31,32)16-18(4)5/h10-12,17-20,24,26-27H,8-9,13-16H2,1-7H3. The van der Waals surface area contributed by atoms with E-state index in [0.717, 1.165) is 6.42 Å². The molecule has 0 aliphatic carbocycles. The lowest BCUT2D eigenvalue weighted by atomic mass is 9.96. The Hall–Kier alpha value is -1.49. The lowest BCUT2D eigenvalue weighted by Crippen LogP contribution is -2.32. The minimum absolute atomic E-state index is 0.0636. The van der Waals surface area contributed by atoms with Gasteiger partial charge in [0.1, 0.15) is 0 Å².